The van der Waals surface area contributed by atoms with E-state index in [-0.39, 0.29) is 29.6 Å². The Labute approximate surface area is 354 Å². The first-order valence-corrected chi connectivity index (χ1v) is 21.8. The molecule has 1 saturated heterocycles. The molecule has 7 atom stereocenters. The molecule has 3 heterocycles. The van der Waals surface area contributed by atoms with Crippen molar-refractivity contribution in [1.29, 1.82) is 0 Å². The minimum atomic E-state index is -5.09. The second kappa shape index (κ2) is 16.9. The molecule has 62 heavy (non-hydrogen) atoms. The molecule has 21 heteroatoms. The smallest absolute Gasteiger partial charge is 0.438 e. The lowest BCUT2D eigenvalue weighted by atomic mass is 9.90. The Kier molecular flexibility index (Phi) is 12.8. The number of ketones is 1. The molecule has 2 aliphatic heterocycles. The van der Waals surface area contributed by atoms with Gasteiger partial charge in [-0.1, -0.05) is 19.1 Å². The van der Waals surface area contributed by atoms with E-state index in [1.807, 2.05) is 0 Å². The summed E-state index contributed by atoms with van der Waals surface area (Å²) in [5.74, 6) is -6.97. The molecule has 0 unspecified atom stereocenters. The van der Waals surface area contributed by atoms with Gasteiger partial charge in [0, 0.05) is 18.9 Å². The van der Waals surface area contributed by atoms with Gasteiger partial charge in [-0.05, 0) is 84.3 Å². The van der Waals surface area contributed by atoms with Crippen LogP contribution in [0.15, 0.2) is 30.4 Å². The van der Waals surface area contributed by atoms with Crippen molar-refractivity contribution in [1.82, 2.24) is 19.6 Å². The number of hydrogen-bond acceptors (Lipinski definition) is 12. The van der Waals surface area contributed by atoms with Crippen LogP contribution in [0.2, 0.25) is 0 Å². The number of fused-ring (bicyclic) bond motifs is 3. The quantitative estimate of drug-likeness (QED) is 0.158. The highest BCUT2D eigenvalue weighted by Gasteiger charge is 2.63. The molecule has 1 N–H and O–H groups in total. The van der Waals surface area contributed by atoms with Gasteiger partial charge < -0.3 is 23.8 Å². The zero-order valence-electron chi connectivity index (χ0n) is 35.0. The molecular weight excluding hydrogens is 855 g/mol. The van der Waals surface area contributed by atoms with Crippen molar-refractivity contribution in [2.24, 2.45) is 17.3 Å². The van der Waals surface area contributed by atoms with Crippen LogP contribution in [0.25, 0.3) is 11.0 Å². The summed E-state index contributed by atoms with van der Waals surface area (Å²) in [6.07, 6.45) is -10.2. The summed E-state index contributed by atoms with van der Waals surface area (Å²) in [5, 5.41) is 0. The summed E-state index contributed by atoms with van der Waals surface area (Å²) >= 11 is 0. The summed E-state index contributed by atoms with van der Waals surface area (Å²) in [4.78, 5) is 65.6. The molecule has 0 radical (unpaired) electrons. The normalized spacial score (nSPS) is 28.8. The highest BCUT2D eigenvalue weighted by molar-refractivity contribution is 7.91. The summed E-state index contributed by atoms with van der Waals surface area (Å²) in [6, 6.07) is 2.44. The molecule has 2 aromatic rings. The van der Waals surface area contributed by atoms with Crippen LogP contribution in [0.5, 0.6) is 11.6 Å². The van der Waals surface area contributed by atoms with Crippen molar-refractivity contribution in [3.05, 3.63) is 36.0 Å². The van der Waals surface area contributed by atoms with E-state index in [0.717, 1.165) is 4.90 Å². The third-order valence-corrected chi connectivity index (χ3v) is 14.5. The molecule has 4 aliphatic rings. The van der Waals surface area contributed by atoms with Gasteiger partial charge in [-0.3, -0.25) is 23.9 Å². The number of nitrogens with one attached hydrogen (secondary N) is 1. The number of halogens is 6. The fourth-order valence-electron chi connectivity index (χ4n) is 7.94. The van der Waals surface area contributed by atoms with Crippen LogP contribution in [-0.2, 0) is 44.9 Å². The highest BCUT2D eigenvalue weighted by Crippen LogP contribution is 2.58. The van der Waals surface area contributed by atoms with E-state index >= 15 is 0 Å². The maximum Gasteiger partial charge on any atom is 0.438 e. The minimum absolute atomic E-state index is 0.0412. The molecule has 1 aromatic heterocycles. The van der Waals surface area contributed by atoms with E-state index in [0.29, 0.717) is 39.5 Å². The largest absolute Gasteiger partial charge is 0.497 e. The number of ether oxygens (including phenoxy) is 4. The number of allylic oxidation sites excluding steroid dienone is 2. The van der Waals surface area contributed by atoms with E-state index < -0.39 is 135 Å². The van der Waals surface area contributed by atoms with Crippen molar-refractivity contribution in [3.8, 4) is 11.6 Å². The Bertz CT molecular complexity index is 2230. The number of sulfonamides is 1. The van der Waals surface area contributed by atoms with E-state index in [4.69, 9.17) is 18.9 Å². The number of rotatable bonds is 10. The number of aromatic nitrogens is 2. The topological polar surface area (TPSA) is 180 Å². The molecule has 2 saturated carbocycles. The Morgan fingerprint density at radius 2 is 1.76 bits per heavy atom. The average molecular weight is 905 g/mol. The fraction of sp³-hybridized carbons (Fsp3) is 0.659. The van der Waals surface area contributed by atoms with Crippen molar-refractivity contribution in [3.63, 3.8) is 0 Å². The van der Waals surface area contributed by atoms with Crippen LogP contribution in [0.3, 0.4) is 0 Å². The lowest BCUT2D eigenvalue weighted by Crippen LogP contribution is -2.50. The standard InChI is InChI=1S/C41H50F6N4O10S/c1-7-31-26(18-32(53)61-37(3,4)41(45,46)47)35(54)51-21-25(60-34-33(40(42,43)44)48-27-13-12-24(58-6)16-28(27)49-34)17-29(51)30(52)20-39(19-23(39)11-9-8-10-22(2)59-31)36(55)50-62(56,57)38(5)14-15-38/h9,11-13,16,22-23,25-26,29,31H,7-8,10,14-15,17-21H2,1-6H3,(H,50,55)/b11-9-/t22-,23-,25-,26+,29+,31+,39-/m1/s1. The average Bonchev–Trinajstić information content (AvgIpc) is 4.06. The first-order chi connectivity index (χ1) is 28.7. The van der Waals surface area contributed by atoms with Gasteiger partial charge in [-0.2, -0.15) is 26.3 Å². The molecule has 6 rings (SSSR count). The number of methoxy groups -OCH3 is 1. The second-order valence-electron chi connectivity index (χ2n) is 17.4. The zero-order chi connectivity index (χ0) is 45.8. The second-order valence-corrected chi connectivity index (χ2v) is 19.6. The van der Waals surface area contributed by atoms with E-state index in [1.165, 1.54) is 32.2 Å². The van der Waals surface area contributed by atoms with Gasteiger partial charge >= 0.3 is 18.3 Å². The number of carbonyl (C=O) groups is 4. The number of esters is 1. The van der Waals surface area contributed by atoms with Gasteiger partial charge in [0.25, 0.3) is 0 Å². The summed E-state index contributed by atoms with van der Waals surface area (Å²) in [5.41, 5.74) is -6.23. The Hall–Kier alpha value is -4.53. The van der Waals surface area contributed by atoms with Crippen molar-refractivity contribution >= 4 is 44.6 Å². The van der Waals surface area contributed by atoms with Crippen LogP contribution >= 0.6 is 0 Å². The number of alkyl halides is 6. The lowest BCUT2D eigenvalue weighted by molar-refractivity contribution is -0.258. The summed E-state index contributed by atoms with van der Waals surface area (Å²) in [6.45, 7) is 5.48. The monoisotopic (exact) mass is 904 g/mol. The zero-order valence-corrected chi connectivity index (χ0v) is 35.8. The van der Waals surface area contributed by atoms with Crippen molar-refractivity contribution in [2.45, 2.75) is 139 Å². The Morgan fingerprint density at radius 3 is 2.37 bits per heavy atom. The van der Waals surface area contributed by atoms with E-state index in [1.54, 1.807) is 26.0 Å². The van der Waals surface area contributed by atoms with Gasteiger partial charge in [0.1, 0.15) is 11.9 Å². The molecule has 0 spiro atoms. The van der Waals surface area contributed by atoms with Gasteiger partial charge in [0.15, 0.2) is 5.78 Å². The molecule has 3 fully saturated rings. The van der Waals surface area contributed by atoms with Crippen LogP contribution in [0.4, 0.5) is 26.3 Å². The Balaban J connectivity index is 1.40. The van der Waals surface area contributed by atoms with E-state index in [2.05, 4.69) is 14.7 Å². The summed E-state index contributed by atoms with van der Waals surface area (Å²) < 4.78 is 134. The third-order valence-electron chi connectivity index (χ3n) is 12.3. The number of Topliss-reactive ketones (excluding diaryl/α,β-unsaturated/α-hetero) is 1. The van der Waals surface area contributed by atoms with Crippen LogP contribution in [0.1, 0.15) is 98.1 Å². The SMILES string of the molecule is CC[C@@H]1O[C@H](C)CC/C=C\[C@@H]2C[C@@]2(C(=O)NS(=O)(=O)C2(C)CC2)CC(=O)[C@@H]2C[C@@H](Oc3nc4cc(OC)ccc4nc3C(F)(F)F)CN2C(=O)[C@H]1CC(=O)OC(C)(C)C(F)(F)F. The van der Waals surface area contributed by atoms with Crippen molar-refractivity contribution in [2.75, 3.05) is 13.7 Å². The van der Waals surface area contributed by atoms with Gasteiger partial charge in [0.2, 0.25) is 39.0 Å². The lowest BCUT2D eigenvalue weighted by Gasteiger charge is -2.34. The van der Waals surface area contributed by atoms with Gasteiger partial charge in [-0.25, -0.2) is 18.4 Å². The molecule has 2 aliphatic carbocycles. The number of hydrogen-bond donors (Lipinski definition) is 1. The maximum atomic E-state index is 14.9. The predicted octanol–water partition coefficient (Wildman–Crippen LogP) is 6.39. The molecule has 342 valence electrons. The maximum absolute atomic E-state index is 14.9. The number of nitrogens with zero attached hydrogens (tertiary/aromatic N) is 3. The van der Waals surface area contributed by atoms with E-state index in [9.17, 15) is 53.9 Å². The first kappa shape index (κ1) is 47.0. The van der Waals surface area contributed by atoms with Gasteiger partial charge in [0.05, 0.1) is 65.4 Å². The van der Waals surface area contributed by atoms with Gasteiger partial charge in [-0.15, -0.1) is 0 Å². The highest BCUT2D eigenvalue weighted by atomic mass is 32.2. The molecule has 1 aromatic carbocycles. The Morgan fingerprint density at radius 1 is 1.06 bits per heavy atom. The van der Waals surface area contributed by atoms with Crippen molar-refractivity contribution < 1.29 is 72.9 Å². The minimum Gasteiger partial charge on any atom is -0.497 e. The summed E-state index contributed by atoms with van der Waals surface area (Å²) in [7, 11) is -2.82. The number of amides is 2. The predicted molar refractivity (Wildman–Crippen MR) is 208 cm³/mol. The number of carbonyl (C=O) groups excluding carboxylic acids is 4. The first-order valence-electron chi connectivity index (χ1n) is 20.3. The molecular formula is C41H50F6N4O10S. The molecule has 0 bridgehead atoms. The third kappa shape index (κ3) is 9.67. The molecule has 2 amide bonds. The van der Waals surface area contributed by atoms with Crippen LogP contribution in [0, 0.1) is 17.3 Å². The van der Waals surface area contributed by atoms with Crippen LogP contribution < -0.4 is 14.2 Å². The fourth-order valence-corrected chi connectivity index (χ4v) is 9.27. The molecule has 14 nitrogen and oxygen atoms in total. The number of benzene rings is 1. The van der Waals surface area contributed by atoms with Crippen LogP contribution in [-0.4, -0.2) is 101 Å².